The number of allylic oxidation sites excluding steroid dienone is 4. The van der Waals surface area contributed by atoms with Crippen LogP contribution in [0.2, 0.25) is 5.82 Å². The fraction of sp³-hybridized carbons (Fsp3) is 0.448. The fourth-order valence-corrected chi connectivity index (χ4v) is 5.45. The molecule has 1 aliphatic carbocycles. The summed E-state index contributed by atoms with van der Waals surface area (Å²) in [5.41, 5.74) is -6.83. The van der Waals surface area contributed by atoms with Gasteiger partial charge in [-0.3, -0.25) is 0 Å². The van der Waals surface area contributed by atoms with Gasteiger partial charge in [-0.2, -0.15) is 63.6 Å². The predicted octanol–water partition coefficient (Wildman–Crippen LogP) is 9.39. The van der Waals surface area contributed by atoms with Crippen LogP contribution in [0.1, 0.15) is 62.3 Å². The van der Waals surface area contributed by atoms with Gasteiger partial charge in [-0.1, -0.05) is 61.7 Å². The largest absolute Gasteiger partial charge is 0.580 e. The van der Waals surface area contributed by atoms with Crippen LogP contribution >= 0.6 is 0 Å². The van der Waals surface area contributed by atoms with E-state index in [1.165, 1.54) is 19.9 Å². The van der Waals surface area contributed by atoms with Crippen LogP contribution in [0, 0.1) is 0 Å². The molecule has 14 heteroatoms. The molecule has 0 fully saturated rings. The van der Waals surface area contributed by atoms with Gasteiger partial charge in [-0.25, -0.2) is 0 Å². The SMILES string of the molecule is CCCCc1cc([B-](OC(C)C)(c2cc(C(F)(F)F)cc(C(F)(F)F)c2)C2C=CC(C(F)(F)F)=CC2)cc(C(F)(F)F)c1. The van der Waals surface area contributed by atoms with Gasteiger partial charge < -0.3 is 4.65 Å². The molecule has 1 aliphatic rings. The highest BCUT2D eigenvalue weighted by Gasteiger charge is 2.44. The Morgan fingerprint density at radius 1 is 0.721 bits per heavy atom. The Morgan fingerprint density at radius 3 is 1.60 bits per heavy atom. The van der Waals surface area contributed by atoms with Gasteiger partial charge in [-0.05, 0) is 38.8 Å². The molecule has 2 atom stereocenters. The summed E-state index contributed by atoms with van der Waals surface area (Å²) in [6.45, 7) is 4.52. The molecule has 238 valence electrons. The molecule has 43 heavy (non-hydrogen) atoms. The molecule has 2 aromatic carbocycles. The van der Waals surface area contributed by atoms with Crippen LogP contribution in [0.25, 0.3) is 0 Å². The van der Waals surface area contributed by atoms with Crippen molar-refractivity contribution in [2.75, 3.05) is 0 Å². The first kappa shape index (κ1) is 34.6. The normalized spacial score (nSPS) is 18.1. The van der Waals surface area contributed by atoms with Gasteiger partial charge in [0.05, 0.1) is 22.3 Å². The van der Waals surface area contributed by atoms with Gasteiger partial charge in [-0.15, -0.1) is 11.9 Å². The summed E-state index contributed by atoms with van der Waals surface area (Å²) in [5, 5.41) is 0. The van der Waals surface area contributed by atoms with E-state index in [2.05, 4.69) is 0 Å². The maximum absolute atomic E-state index is 14.1. The Labute approximate surface area is 240 Å². The first-order valence-corrected chi connectivity index (χ1v) is 13.4. The molecule has 0 bridgehead atoms. The van der Waals surface area contributed by atoms with E-state index in [4.69, 9.17) is 4.65 Å². The topological polar surface area (TPSA) is 9.23 Å². The molecule has 1 nitrogen and oxygen atoms in total. The average Bonchev–Trinajstić information content (AvgIpc) is 2.88. The molecule has 0 saturated carbocycles. The van der Waals surface area contributed by atoms with Gasteiger partial charge in [0.25, 0.3) is 0 Å². The number of rotatable bonds is 8. The summed E-state index contributed by atoms with van der Waals surface area (Å²) < 4.78 is 172. The molecular formula is C29H28BF12O-. The van der Waals surface area contributed by atoms with Crippen LogP contribution in [-0.2, 0) is 29.6 Å². The minimum absolute atomic E-state index is 0.0935. The molecule has 0 spiro atoms. The van der Waals surface area contributed by atoms with E-state index in [-0.39, 0.29) is 23.5 Å². The van der Waals surface area contributed by atoms with E-state index in [1.807, 2.05) is 0 Å². The number of hydrogen-bond donors (Lipinski definition) is 0. The van der Waals surface area contributed by atoms with Gasteiger partial charge >= 0.3 is 24.7 Å². The number of halogens is 12. The van der Waals surface area contributed by atoms with Crippen molar-refractivity contribution in [3.8, 4) is 0 Å². The maximum atomic E-state index is 14.1. The molecule has 0 aromatic heterocycles. The van der Waals surface area contributed by atoms with Gasteiger partial charge in [0.15, 0.2) is 6.35 Å². The number of alkyl halides is 12. The molecule has 0 N–H and O–H groups in total. The summed E-state index contributed by atoms with van der Waals surface area (Å²) >= 11 is 0. The lowest BCUT2D eigenvalue weighted by molar-refractivity contribution is -0.143. The van der Waals surface area contributed by atoms with Crippen molar-refractivity contribution >= 4 is 17.3 Å². The Bertz CT molecular complexity index is 1320. The van der Waals surface area contributed by atoms with Crippen molar-refractivity contribution in [1.29, 1.82) is 0 Å². The van der Waals surface area contributed by atoms with Crippen LogP contribution < -0.4 is 10.9 Å². The van der Waals surface area contributed by atoms with Gasteiger partial charge in [0.2, 0.25) is 0 Å². The lowest BCUT2D eigenvalue weighted by Crippen LogP contribution is -2.65. The second-order valence-electron chi connectivity index (χ2n) is 10.9. The third kappa shape index (κ3) is 7.99. The predicted molar refractivity (Wildman–Crippen MR) is 139 cm³/mol. The summed E-state index contributed by atoms with van der Waals surface area (Å²) in [4.78, 5) is 0. The first-order chi connectivity index (χ1) is 19.6. The van der Waals surface area contributed by atoms with E-state index in [0.717, 1.165) is 12.1 Å². The van der Waals surface area contributed by atoms with Crippen molar-refractivity contribution in [1.82, 2.24) is 0 Å². The van der Waals surface area contributed by atoms with Gasteiger partial charge in [0.1, 0.15) is 0 Å². The van der Waals surface area contributed by atoms with Crippen LogP contribution in [0.4, 0.5) is 52.7 Å². The second kappa shape index (κ2) is 12.2. The Hall–Kier alpha value is -2.90. The summed E-state index contributed by atoms with van der Waals surface area (Å²) in [5.74, 6) is -1.37. The lowest BCUT2D eigenvalue weighted by atomic mass is 9.24. The van der Waals surface area contributed by atoms with Crippen LogP contribution in [0.5, 0.6) is 0 Å². The molecule has 0 radical (unpaired) electrons. The lowest BCUT2D eigenvalue weighted by Gasteiger charge is -2.50. The summed E-state index contributed by atoms with van der Waals surface area (Å²) in [7, 11) is 0. The van der Waals surface area contributed by atoms with Crippen molar-refractivity contribution in [3.05, 3.63) is 82.5 Å². The molecule has 0 amide bonds. The number of unbranched alkanes of at least 4 members (excludes halogenated alkanes) is 1. The minimum Gasteiger partial charge on any atom is -0.580 e. The average molecular weight is 631 g/mol. The Kier molecular flexibility index (Phi) is 9.85. The van der Waals surface area contributed by atoms with Gasteiger partial charge in [0, 0.05) is 6.10 Å². The monoisotopic (exact) mass is 631 g/mol. The standard InChI is InChI=1S/C29H28BF12O/c1-4-5-6-18-11-20(27(34,35)36)14-24(12-18)30(43-17(2)3,23-9-7-19(8-10-23)26(31,32)33)25-15-21(28(37,38)39)13-22(16-25)29(40,41)42/h7-9,11-17,23H,4-6,10H2,1-3H3/q-1. The highest BCUT2D eigenvalue weighted by molar-refractivity contribution is 6.99. The van der Waals surface area contributed by atoms with Crippen molar-refractivity contribution in [2.24, 2.45) is 0 Å². The Balaban J connectivity index is 2.51. The highest BCUT2D eigenvalue weighted by Crippen LogP contribution is 2.41. The number of hydrogen-bond acceptors (Lipinski definition) is 1. The van der Waals surface area contributed by atoms with Crippen molar-refractivity contribution < 1.29 is 57.3 Å². The quantitative estimate of drug-likeness (QED) is 0.209. The molecule has 0 aliphatic heterocycles. The third-order valence-electron chi connectivity index (χ3n) is 7.31. The molecule has 3 rings (SSSR count). The van der Waals surface area contributed by atoms with E-state index in [1.54, 1.807) is 6.92 Å². The minimum atomic E-state index is -5.30. The molecular weight excluding hydrogens is 603 g/mol. The first-order valence-electron chi connectivity index (χ1n) is 13.4. The van der Waals surface area contributed by atoms with Crippen LogP contribution in [0.15, 0.2) is 60.2 Å². The van der Waals surface area contributed by atoms with E-state index < -0.39 is 77.1 Å². The molecule has 2 aromatic rings. The highest BCUT2D eigenvalue weighted by atomic mass is 19.4. The van der Waals surface area contributed by atoms with E-state index >= 15 is 0 Å². The third-order valence-corrected chi connectivity index (χ3v) is 7.31. The van der Waals surface area contributed by atoms with E-state index in [0.29, 0.717) is 43.2 Å². The number of benzene rings is 2. The van der Waals surface area contributed by atoms with E-state index in [9.17, 15) is 52.7 Å². The smallest absolute Gasteiger partial charge is 0.416 e. The maximum Gasteiger partial charge on any atom is 0.416 e. The molecule has 0 saturated heterocycles. The van der Waals surface area contributed by atoms with Crippen molar-refractivity contribution in [2.45, 2.75) is 83.1 Å². The summed E-state index contributed by atoms with van der Waals surface area (Å²) in [6.07, 6.45) is -22.1. The zero-order valence-electron chi connectivity index (χ0n) is 23.2. The zero-order valence-corrected chi connectivity index (χ0v) is 23.2. The molecule has 0 heterocycles. The van der Waals surface area contributed by atoms with Crippen molar-refractivity contribution in [3.63, 3.8) is 0 Å². The Morgan fingerprint density at radius 2 is 1.21 bits per heavy atom. The zero-order chi connectivity index (χ0) is 32.6. The molecule has 2 unspecified atom stereocenters. The fourth-order valence-electron chi connectivity index (χ4n) is 5.45. The summed E-state index contributed by atoms with van der Waals surface area (Å²) in [6, 6.07) is 3.29. The number of aryl methyl sites for hydroxylation is 1. The van der Waals surface area contributed by atoms with Crippen LogP contribution in [-0.4, -0.2) is 18.6 Å². The second-order valence-corrected chi connectivity index (χ2v) is 10.9. The van der Waals surface area contributed by atoms with Crippen LogP contribution in [0.3, 0.4) is 0 Å².